The van der Waals surface area contributed by atoms with Gasteiger partial charge in [-0.2, -0.15) is 13.2 Å². The Balaban J connectivity index is 1.87. The van der Waals surface area contributed by atoms with Crippen LogP contribution in [0, 0.1) is 5.92 Å². The van der Waals surface area contributed by atoms with E-state index in [1.54, 1.807) is 12.1 Å². The summed E-state index contributed by atoms with van der Waals surface area (Å²) in [5.41, 5.74) is 0.793. The highest BCUT2D eigenvalue weighted by Gasteiger charge is 2.44. The van der Waals surface area contributed by atoms with Crippen molar-refractivity contribution in [3.63, 3.8) is 0 Å². The molecule has 26 heavy (non-hydrogen) atoms. The summed E-state index contributed by atoms with van der Waals surface area (Å²) >= 11 is 18.4. The molecule has 1 N–H and O–H groups in total. The molecule has 0 radical (unpaired) electrons. The van der Waals surface area contributed by atoms with E-state index in [1.807, 2.05) is 18.2 Å². The van der Waals surface area contributed by atoms with Gasteiger partial charge in [0.1, 0.15) is 0 Å². The van der Waals surface area contributed by atoms with Crippen LogP contribution in [0.2, 0.25) is 15.1 Å². The minimum Gasteiger partial charge on any atom is -0.376 e. The van der Waals surface area contributed by atoms with Crippen molar-refractivity contribution in [2.75, 3.05) is 5.32 Å². The van der Waals surface area contributed by atoms with Crippen molar-refractivity contribution >= 4 is 40.5 Å². The van der Waals surface area contributed by atoms with Crippen LogP contribution in [0.15, 0.2) is 42.5 Å². The van der Waals surface area contributed by atoms with Crippen molar-refractivity contribution < 1.29 is 13.2 Å². The van der Waals surface area contributed by atoms with Gasteiger partial charge in [-0.15, -0.1) is 0 Å². The molecule has 2 aromatic rings. The number of hydrogen-bond donors (Lipinski definition) is 1. The number of benzene rings is 2. The molecular formula is C19H13Cl3F3N. The van der Waals surface area contributed by atoms with Gasteiger partial charge in [-0.1, -0.05) is 53.0 Å². The number of alkyl halides is 3. The highest BCUT2D eigenvalue weighted by molar-refractivity contribution is 6.42. The van der Waals surface area contributed by atoms with Crippen LogP contribution in [0.1, 0.15) is 35.1 Å². The highest BCUT2D eigenvalue weighted by atomic mass is 35.5. The second kappa shape index (κ2) is 6.36. The van der Waals surface area contributed by atoms with Crippen molar-refractivity contribution in [3.8, 4) is 0 Å². The maximum atomic E-state index is 13.6. The zero-order chi connectivity index (χ0) is 18.6. The average Bonchev–Trinajstić information content (AvgIpc) is 3.06. The second-order valence-corrected chi connectivity index (χ2v) is 7.75. The van der Waals surface area contributed by atoms with Gasteiger partial charge < -0.3 is 5.32 Å². The number of fused-ring (bicyclic) bond motifs is 3. The summed E-state index contributed by atoms with van der Waals surface area (Å²) in [6.45, 7) is 0. The number of halogens is 6. The molecule has 0 aromatic heterocycles. The number of hydrogen-bond acceptors (Lipinski definition) is 1. The van der Waals surface area contributed by atoms with Crippen molar-refractivity contribution in [2.24, 2.45) is 5.92 Å². The molecule has 0 spiro atoms. The lowest BCUT2D eigenvalue weighted by molar-refractivity contribution is -0.138. The van der Waals surface area contributed by atoms with Crippen LogP contribution in [0.5, 0.6) is 0 Å². The van der Waals surface area contributed by atoms with Crippen LogP contribution in [0.25, 0.3) is 0 Å². The van der Waals surface area contributed by atoms with Crippen LogP contribution in [0.4, 0.5) is 18.9 Å². The lowest BCUT2D eigenvalue weighted by atomic mass is 9.75. The zero-order valence-electron chi connectivity index (χ0n) is 13.2. The Bertz CT molecular complexity index is 908. The van der Waals surface area contributed by atoms with Crippen molar-refractivity contribution in [1.29, 1.82) is 0 Å². The molecule has 0 bridgehead atoms. The zero-order valence-corrected chi connectivity index (χ0v) is 15.5. The number of rotatable bonds is 1. The van der Waals surface area contributed by atoms with Gasteiger partial charge in [-0.05, 0) is 47.7 Å². The first-order chi connectivity index (χ1) is 12.3. The summed E-state index contributed by atoms with van der Waals surface area (Å²) in [6.07, 6.45) is 0.0116. The van der Waals surface area contributed by atoms with E-state index in [2.05, 4.69) is 5.32 Å². The summed E-state index contributed by atoms with van der Waals surface area (Å²) in [7, 11) is 0. The molecule has 2 aliphatic rings. The quantitative estimate of drug-likeness (QED) is 0.473. The van der Waals surface area contributed by atoms with Gasteiger partial charge in [0.05, 0.1) is 32.4 Å². The van der Waals surface area contributed by atoms with Gasteiger partial charge in [0.15, 0.2) is 0 Å². The normalized spacial score (nSPS) is 24.2. The Morgan fingerprint density at radius 3 is 2.38 bits per heavy atom. The Morgan fingerprint density at radius 1 is 0.962 bits per heavy atom. The molecule has 1 aliphatic heterocycles. The first-order valence-electron chi connectivity index (χ1n) is 8.05. The maximum absolute atomic E-state index is 13.6. The van der Waals surface area contributed by atoms with Gasteiger partial charge in [0.25, 0.3) is 0 Å². The maximum Gasteiger partial charge on any atom is 0.416 e. The van der Waals surface area contributed by atoms with Crippen LogP contribution in [0.3, 0.4) is 0 Å². The molecular weight excluding hydrogens is 406 g/mol. The lowest BCUT2D eigenvalue weighted by Crippen LogP contribution is -2.31. The topological polar surface area (TPSA) is 12.0 Å². The molecule has 0 amide bonds. The highest BCUT2D eigenvalue weighted by Crippen LogP contribution is 2.55. The van der Waals surface area contributed by atoms with Gasteiger partial charge in [-0.3, -0.25) is 0 Å². The Morgan fingerprint density at radius 2 is 1.69 bits per heavy atom. The molecule has 2 aromatic carbocycles. The summed E-state index contributed by atoms with van der Waals surface area (Å²) in [5, 5.41) is 4.36. The standard InChI is InChI=1S/C19H13Cl3F3N/c20-13-6-4-9(8-15(13)22)17-11-3-1-2-10(11)16-12(19(23,24)25)5-7-14(21)18(16)26-17/h1-2,4-8,10-11,17,26H,3H2/t10-,11-,17-/m1/s1. The molecule has 136 valence electrons. The fourth-order valence-electron chi connectivity index (χ4n) is 3.96. The average molecular weight is 419 g/mol. The third-order valence-corrected chi connectivity index (χ3v) is 6.13. The smallest absolute Gasteiger partial charge is 0.376 e. The molecule has 1 heterocycles. The third-order valence-electron chi connectivity index (χ3n) is 5.08. The van der Waals surface area contributed by atoms with Crippen LogP contribution < -0.4 is 5.32 Å². The van der Waals surface area contributed by atoms with Crippen LogP contribution >= 0.6 is 34.8 Å². The fourth-order valence-corrected chi connectivity index (χ4v) is 4.48. The van der Waals surface area contributed by atoms with E-state index in [4.69, 9.17) is 34.8 Å². The van der Waals surface area contributed by atoms with Crippen LogP contribution in [-0.2, 0) is 6.18 Å². The Hall–Kier alpha value is -1.36. The van der Waals surface area contributed by atoms with Gasteiger partial charge >= 0.3 is 6.18 Å². The third kappa shape index (κ3) is 2.88. The number of nitrogens with one attached hydrogen (secondary N) is 1. The second-order valence-electron chi connectivity index (χ2n) is 6.53. The summed E-state index contributed by atoms with van der Waals surface area (Å²) < 4.78 is 40.7. The first kappa shape index (κ1) is 18.0. The molecule has 0 saturated heterocycles. The Kier molecular flexibility index (Phi) is 4.41. The van der Waals surface area contributed by atoms with Gasteiger partial charge in [0, 0.05) is 5.92 Å². The predicted octanol–water partition coefficient (Wildman–Crippen LogP) is 7.49. The molecule has 3 atom stereocenters. The van der Waals surface area contributed by atoms with E-state index in [9.17, 15) is 13.2 Å². The van der Waals surface area contributed by atoms with E-state index < -0.39 is 11.7 Å². The van der Waals surface area contributed by atoms with Gasteiger partial charge in [0.2, 0.25) is 0 Å². The molecule has 7 heteroatoms. The van der Waals surface area contributed by atoms with Crippen molar-refractivity contribution in [2.45, 2.75) is 24.6 Å². The minimum absolute atomic E-state index is 0.0562. The summed E-state index contributed by atoms with van der Waals surface area (Å²) in [6, 6.07) is 7.43. The van der Waals surface area contributed by atoms with E-state index >= 15 is 0 Å². The minimum atomic E-state index is -4.44. The molecule has 0 unspecified atom stereocenters. The predicted molar refractivity (Wildman–Crippen MR) is 99.3 cm³/mol. The van der Waals surface area contributed by atoms with Crippen molar-refractivity contribution in [1.82, 2.24) is 0 Å². The van der Waals surface area contributed by atoms with Crippen molar-refractivity contribution in [3.05, 3.63) is 74.2 Å². The Labute approximate surface area is 163 Å². The number of allylic oxidation sites excluding steroid dienone is 2. The molecule has 4 rings (SSSR count). The van der Waals surface area contributed by atoms with E-state index in [-0.39, 0.29) is 28.5 Å². The molecule has 1 nitrogen and oxygen atoms in total. The molecule has 0 fully saturated rings. The lowest BCUT2D eigenvalue weighted by Gasteiger charge is -2.39. The molecule has 0 saturated carbocycles. The van der Waals surface area contributed by atoms with Gasteiger partial charge in [-0.25, -0.2) is 0 Å². The first-order valence-corrected chi connectivity index (χ1v) is 9.18. The van der Waals surface area contributed by atoms with E-state index in [0.29, 0.717) is 22.2 Å². The summed E-state index contributed by atoms with van der Waals surface area (Å²) in [5.74, 6) is -0.416. The summed E-state index contributed by atoms with van der Waals surface area (Å²) in [4.78, 5) is 0. The monoisotopic (exact) mass is 417 g/mol. The van der Waals surface area contributed by atoms with Crippen LogP contribution in [-0.4, -0.2) is 0 Å². The van der Waals surface area contributed by atoms with E-state index in [0.717, 1.165) is 11.6 Å². The molecule has 1 aliphatic carbocycles. The number of anilines is 1. The van der Waals surface area contributed by atoms with E-state index in [1.165, 1.54) is 6.07 Å². The fraction of sp³-hybridized carbons (Fsp3) is 0.263. The largest absolute Gasteiger partial charge is 0.416 e. The SMILES string of the molecule is FC(F)(F)c1ccc(Cl)c2c1[C@@H]1C=CC[C@H]1[C@@H](c1ccc(Cl)c(Cl)c1)N2.